The summed E-state index contributed by atoms with van der Waals surface area (Å²) in [6.45, 7) is 3.05. The Morgan fingerprint density at radius 2 is 2.00 bits per heavy atom. The summed E-state index contributed by atoms with van der Waals surface area (Å²) in [6.07, 6.45) is 0. The molecule has 20 heavy (non-hydrogen) atoms. The van der Waals surface area contributed by atoms with Crippen LogP contribution in [0.3, 0.4) is 0 Å². The lowest BCUT2D eigenvalue weighted by Crippen LogP contribution is -2.26. The van der Waals surface area contributed by atoms with Crippen LogP contribution in [-0.4, -0.2) is 39.9 Å². The molecule has 0 aliphatic carbocycles. The number of hydrogen-bond acceptors (Lipinski definition) is 5. The van der Waals surface area contributed by atoms with Gasteiger partial charge < -0.3 is 25.3 Å². The molecule has 6 nitrogen and oxygen atoms in total. The topological polar surface area (TPSA) is 82.8 Å². The van der Waals surface area contributed by atoms with E-state index in [-0.39, 0.29) is 12.6 Å². The van der Waals surface area contributed by atoms with Crippen molar-refractivity contribution in [3.8, 4) is 11.5 Å². The molecular formula is C14H22N2O4. The standard InChI is InChI=1S/C14H22N2O4/c1-10(16-6-7-20-9-14(15)17)11-4-5-12(18-2)13(8-11)19-3/h4-5,8,10,16H,6-7,9H2,1-3H3,(H2,15,17). The minimum absolute atomic E-state index is 0.0492. The van der Waals surface area contributed by atoms with Gasteiger partial charge in [0.25, 0.3) is 0 Å². The van der Waals surface area contributed by atoms with Gasteiger partial charge in [-0.05, 0) is 24.6 Å². The molecule has 0 saturated carbocycles. The molecule has 1 aromatic rings. The van der Waals surface area contributed by atoms with Crippen LogP contribution in [0.5, 0.6) is 11.5 Å². The first-order valence-corrected chi connectivity index (χ1v) is 6.39. The van der Waals surface area contributed by atoms with Crippen molar-refractivity contribution in [3.63, 3.8) is 0 Å². The molecule has 0 aliphatic rings. The Hall–Kier alpha value is -1.79. The molecule has 0 fully saturated rings. The summed E-state index contributed by atoms with van der Waals surface area (Å²) in [4.78, 5) is 10.5. The highest BCUT2D eigenvalue weighted by Crippen LogP contribution is 2.29. The predicted octanol–water partition coefficient (Wildman–Crippen LogP) is 0.856. The number of rotatable bonds is 9. The van der Waals surface area contributed by atoms with Crippen molar-refractivity contribution in [2.45, 2.75) is 13.0 Å². The smallest absolute Gasteiger partial charge is 0.243 e. The van der Waals surface area contributed by atoms with E-state index in [4.69, 9.17) is 19.9 Å². The fourth-order valence-electron chi connectivity index (χ4n) is 1.76. The van der Waals surface area contributed by atoms with E-state index >= 15 is 0 Å². The molecule has 112 valence electrons. The number of amides is 1. The number of hydrogen-bond donors (Lipinski definition) is 2. The minimum atomic E-state index is -0.460. The number of ether oxygens (including phenoxy) is 3. The normalized spacial score (nSPS) is 11.9. The van der Waals surface area contributed by atoms with Gasteiger partial charge in [0.05, 0.1) is 20.8 Å². The highest BCUT2D eigenvalue weighted by atomic mass is 16.5. The lowest BCUT2D eigenvalue weighted by atomic mass is 10.1. The number of carbonyl (C=O) groups excluding carboxylic acids is 1. The van der Waals surface area contributed by atoms with Gasteiger partial charge in [0, 0.05) is 12.6 Å². The second kappa shape index (κ2) is 8.39. The summed E-state index contributed by atoms with van der Waals surface area (Å²) in [5.41, 5.74) is 6.06. The quantitative estimate of drug-likeness (QED) is 0.656. The van der Waals surface area contributed by atoms with E-state index in [2.05, 4.69) is 5.32 Å². The maximum atomic E-state index is 10.5. The number of primary amides is 1. The average molecular weight is 282 g/mol. The number of nitrogens with two attached hydrogens (primary N) is 1. The molecule has 0 heterocycles. The lowest BCUT2D eigenvalue weighted by Gasteiger charge is -2.16. The molecule has 0 spiro atoms. The molecule has 1 aromatic carbocycles. The molecule has 0 saturated heterocycles. The zero-order valence-corrected chi connectivity index (χ0v) is 12.1. The third-order valence-electron chi connectivity index (χ3n) is 2.85. The van der Waals surface area contributed by atoms with Crippen LogP contribution in [0.1, 0.15) is 18.5 Å². The number of carbonyl (C=O) groups is 1. The Kier molecular flexibility index (Phi) is 6.83. The molecule has 1 unspecified atom stereocenters. The Bertz CT molecular complexity index is 437. The van der Waals surface area contributed by atoms with Gasteiger partial charge in [-0.15, -0.1) is 0 Å². The SMILES string of the molecule is COc1ccc(C(C)NCCOCC(N)=O)cc1OC. The summed E-state index contributed by atoms with van der Waals surface area (Å²) in [7, 11) is 3.21. The summed E-state index contributed by atoms with van der Waals surface area (Å²) in [5.74, 6) is 0.940. The maximum Gasteiger partial charge on any atom is 0.243 e. The van der Waals surface area contributed by atoms with Gasteiger partial charge in [-0.3, -0.25) is 4.79 Å². The third kappa shape index (κ3) is 5.07. The fraction of sp³-hybridized carbons (Fsp3) is 0.500. The Morgan fingerprint density at radius 1 is 1.30 bits per heavy atom. The van der Waals surface area contributed by atoms with Gasteiger partial charge in [-0.2, -0.15) is 0 Å². The molecule has 0 radical (unpaired) electrons. The minimum Gasteiger partial charge on any atom is -0.493 e. The summed E-state index contributed by atoms with van der Waals surface area (Å²) < 4.78 is 15.5. The monoisotopic (exact) mass is 282 g/mol. The van der Waals surface area contributed by atoms with Gasteiger partial charge in [0.1, 0.15) is 6.61 Å². The zero-order valence-electron chi connectivity index (χ0n) is 12.1. The van der Waals surface area contributed by atoms with Gasteiger partial charge in [0.2, 0.25) is 5.91 Å². The van der Waals surface area contributed by atoms with Gasteiger partial charge in [-0.1, -0.05) is 6.07 Å². The molecule has 1 rings (SSSR count). The summed E-state index contributed by atoms with van der Waals surface area (Å²) in [5, 5.41) is 3.29. The number of benzene rings is 1. The first-order chi connectivity index (χ1) is 9.58. The lowest BCUT2D eigenvalue weighted by molar-refractivity contribution is -0.122. The van der Waals surface area contributed by atoms with E-state index in [1.165, 1.54) is 0 Å². The third-order valence-corrected chi connectivity index (χ3v) is 2.85. The molecule has 1 atom stereocenters. The van der Waals surface area contributed by atoms with E-state index in [9.17, 15) is 4.79 Å². The number of nitrogens with one attached hydrogen (secondary N) is 1. The van der Waals surface area contributed by atoms with Crippen molar-refractivity contribution in [2.24, 2.45) is 5.73 Å². The van der Waals surface area contributed by atoms with E-state index < -0.39 is 5.91 Å². The highest BCUT2D eigenvalue weighted by Gasteiger charge is 2.09. The second-order valence-corrected chi connectivity index (χ2v) is 4.31. The maximum absolute atomic E-state index is 10.5. The average Bonchev–Trinajstić information content (AvgIpc) is 2.45. The van der Waals surface area contributed by atoms with Crippen molar-refractivity contribution in [1.82, 2.24) is 5.32 Å². The van der Waals surface area contributed by atoms with E-state index in [0.717, 1.165) is 5.56 Å². The van der Waals surface area contributed by atoms with Gasteiger partial charge in [-0.25, -0.2) is 0 Å². The molecule has 6 heteroatoms. The Balaban J connectivity index is 2.46. The molecule has 0 bridgehead atoms. The first kappa shape index (κ1) is 16.3. The van der Waals surface area contributed by atoms with Crippen LogP contribution in [-0.2, 0) is 9.53 Å². The number of methoxy groups -OCH3 is 2. The van der Waals surface area contributed by atoms with E-state index in [0.29, 0.717) is 24.7 Å². The van der Waals surface area contributed by atoms with Crippen molar-refractivity contribution >= 4 is 5.91 Å². The van der Waals surface area contributed by atoms with Crippen LogP contribution in [0, 0.1) is 0 Å². The largest absolute Gasteiger partial charge is 0.493 e. The van der Waals surface area contributed by atoms with Crippen LogP contribution >= 0.6 is 0 Å². The predicted molar refractivity (Wildman–Crippen MR) is 76.0 cm³/mol. The van der Waals surface area contributed by atoms with Gasteiger partial charge >= 0.3 is 0 Å². The van der Waals surface area contributed by atoms with Crippen molar-refractivity contribution in [2.75, 3.05) is 34.0 Å². The molecular weight excluding hydrogens is 260 g/mol. The summed E-state index contributed by atoms with van der Waals surface area (Å²) >= 11 is 0. The highest BCUT2D eigenvalue weighted by molar-refractivity contribution is 5.74. The molecule has 0 aliphatic heterocycles. The Morgan fingerprint density at radius 3 is 2.60 bits per heavy atom. The van der Waals surface area contributed by atoms with Crippen LogP contribution in [0.4, 0.5) is 0 Å². The van der Waals surface area contributed by atoms with Crippen LogP contribution in [0.25, 0.3) is 0 Å². The fourth-order valence-corrected chi connectivity index (χ4v) is 1.76. The van der Waals surface area contributed by atoms with Gasteiger partial charge in [0.15, 0.2) is 11.5 Å². The van der Waals surface area contributed by atoms with Crippen molar-refractivity contribution in [3.05, 3.63) is 23.8 Å². The molecule has 3 N–H and O–H groups in total. The first-order valence-electron chi connectivity index (χ1n) is 6.39. The van der Waals surface area contributed by atoms with Crippen molar-refractivity contribution in [1.29, 1.82) is 0 Å². The van der Waals surface area contributed by atoms with Crippen LogP contribution in [0.15, 0.2) is 18.2 Å². The zero-order chi connectivity index (χ0) is 15.0. The van der Waals surface area contributed by atoms with Crippen LogP contribution < -0.4 is 20.5 Å². The Labute approximate surface area is 119 Å². The second-order valence-electron chi connectivity index (χ2n) is 4.31. The molecule has 0 aromatic heterocycles. The van der Waals surface area contributed by atoms with E-state index in [1.807, 2.05) is 25.1 Å². The van der Waals surface area contributed by atoms with Crippen LogP contribution in [0.2, 0.25) is 0 Å². The van der Waals surface area contributed by atoms with E-state index in [1.54, 1.807) is 14.2 Å². The molecule has 1 amide bonds. The summed E-state index contributed by atoms with van der Waals surface area (Å²) in [6, 6.07) is 5.91. The van der Waals surface area contributed by atoms with Crippen molar-refractivity contribution < 1.29 is 19.0 Å².